The number of carboxylic acids is 1. The van der Waals surface area contributed by atoms with E-state index in [1.807, 2.05) is 0 Å². The van der Waals surface area contributed by atoms with Crippen molar-refractivity contribution in [2.24, 2.45) is 5.73 Å². The maximum absolute atomic E-state index is 12.0. The van der Waals surface area contributed by atoms with Gasteiger partial charge in [0.25, 0.3) is 5.91 Å². The van der Waals surface area contributed by atoms with Crippen molar-refractivity contribution >= 4 is 23.5 Å². The number of nitrogens with two attached hydrogens (primary N) is 1. The molecule has 4 N–H and O–H groups in total. The molecular formula is C14H11N3O4. The quantitative estimate of drug-likeness (QED) is 0.777. The summed E-state index contributed by atoms with van der Waals surface area (Å²) in [5.41, 5.74) is 5.78. The zero-order valence-electron chi connectivity index (χ0n) is 10.7. The van der Waals surface area contributed by atoms with E-state index in [1.54, 1.807) is 0 Å². The van der Waals surface area contributed by atoms with E-state index in [1.165, 1.54) is 42.7 Å². The summed E-state index contributed by atoms with van der Waals surface area (Å²) in [7, 11) is 0. The number of nitrogens with one attached hydrogen (secondary N) is 1. The zero-order valence-corrected chi connectivity index (χ0v) is 10.7. The average Bonchev–Trinajstić information content (AvgIpc) is 2.47. The Labute approximate surface area is 119 Å². The first-order valence-corrected chi connectivity index (χ1v) is 5.87. The molecule has 0 atom stereocenters. The van der Waals surface area contributed by atoms with E-state index in [9.17, 15) is 14.4 Å². The van der Waals surface area contributed by atoms with Crippen LogP contribution >= 0.6 is 0 Å². The Morgan fingerprint density at radius 3 is 2.43 bits per heavy atom. The minimum Gasteiger partial charge on any atom is -0.478 e. The summed E-state index contributed by atoms with van der Waals surface area (Å²) in [6.07, 6.45) is 2.49. The molecule has 21 heavy (non-hydrogen) atoms. The number of anilines is 1. The van der Waals surface area contributed by atoms with E-state index in [0.717, 1.165) is 0 Å². The van der Waals surface area contributed by atoms with Crippen LogP contribution < -0.4 is 11.1 Å². The lowest BCUT2D eigenvalue weighted by Crippen LogP contribution is -2.15. The number of nitrogens with zero attached hydrogens (tertiary/aromatic N) is 1. The van der Waals surface area contributed by atoms with E-state index in [0.29, 0.717) is 0 Å². The second kappa shape index (κ2) is 5.83. The third kappa shape index (κ3) is 3.41. The Morgan fingerprint density at radius 1 is 1.05 bits per heavy atom. The number of rotatable bonds is 4. The summed E-state index contributed by atoms with van der Waals surface area (Å²) in [5.74, 6) is -2.28. The monoisotopic (exact) mass is 285 g/mol. The Morgan fingerprint density at radius 2 is 1.76 bits per heavy atom. The molecule has 0 aliphatic rings. The normalized spacial score (nSPS) is 9.90. The molecule has 0 aliphatic carbocycles. The highest BCUT2D eigenvalue weighted by atomic mass is 16.4. The molecule has 0 saturated heterocycles. The molecule has 7 nitrogen and oxygen atoms in total. The van der Waals surface area contributed by atoms with Gasteiger partial charge in [0.15, 0.2) is 0 Å². The number of carbonyl (C=O) groups is 3. The summed E-state index contributed by atoms with van der Waals surface area (Å²) >= 11 is 0. The minimum atomic E-state index is -1.14. The van der Waals surface area contributed by atoms with Crippen LogP contribution in [0.1, 0.15) is 31.1 Å². The zero-order chi connectivity index (χ0) is 15.4. The number of benzene rings is 1. The van der Waals surface area contributed by atoms with Crippen LogP contribution in [0.4, 0.5) is 5.69 Å². The van der Waals surface area contributed by atoms with Crippen LogP contribution in [0.25, 0.3) is 0 Å². The molecule has 0 spiro atoms. The first kappa shape index (κ1) is 14.2. The number of hydrogen-bond acceptors (Lipinski definition) is 4. The van der Waals surface area contributed by atoms with Gasteiger partial charge in [-0.25, -0.2) is 4.79 Å². The molecule has 2 rings (SSSR count). The lowest BCUT2D eigenvalue weighted by molar-refractivity contribution is 0.0695. The summed E-state index contributed by atoms with van der Waals surface area (Å²) in [6.45, 7) is 0. The highest BCUT2D eigenvalue weighted by Crippen LogP contribution is 2.11. The highest BCUT2D eigenvalue weighted by Gasteiger charge is 2.10. The first-order valence-electron chi connectivity index (χ1n) is 5.87. The first-order chi connectivity index (χ1) is 9.97. The molecule has 106 valence electrons. The second-order valence-corrected chi connectivity index (χ2v) is 4.17. The van der Waals surface area contributed by atoms with Gasteiger partial charge in [0, 0.05) is 17.3 Å². The maximum atomic E-state index is 12.0. The van der Waals surface area contributed by atoms with Crippen molar-refractivity contribution in [1.82, 2.24) is 4.98 Å². The Hall–Kier alpha value is -3.22. The van der Waals surface area contributed by atoms with Gasteiger partial charge in [0.2, 0.25) is 5.91 Å². The number of carboxylic acid groups (broad SMARTS) is 1. The Kier molecular flexibility index (Phi) is 3.94. The van der Waals surface area contributed by atoms with Gasteiger partial charge in [-0.3, -0.25) is 14.6 Å². The minimum absolute atomic E-state index is 0.0429. The van der Waals surface area contributed by atoms with Crippen LogP contribution in [0, 0.1) is 0 Å². The molecular weight excluding hydrogens is 274 g/mol. The Balaban J connectivity index is 2.22. The fourth-order valence-corrected chi connectivity index (χ4v) is 1.64. The van der Waals surface area contributed by atoms with Gasteiger partial charge >= 0.3 is 5.97 Å². The largest absolute Gasteiger partial charge is 0.478 e. The standard InChI is InChI=1S/C14H11N3O4/c15-12(18)8-2-1-3-9(4-8)13(19)17-11-5-10(14(20)21)6-16-7-11/h1-7H,(H2,15,18)(H,17,19)(H,20,21). The van der Waals surface area contributed by atoms with Crippen LogP contribution in [-0.2, 0) is 0 Å². The summed E-state index contributed by atoms with van der Waals surface area (Å²) in [6, 6.07) is 7.17. The Bertz CT molecular complexity index is 728. The molecule has 1 heterocycles. The number of carbonyl (C=O) groups excluding carboxylic acids is 2. The third-order valence-corrected chi connectivity index (χ3v) is 2.65. The second-order valence-electron chi connectivity index (χ2n) is 4.17. The molecule has 0 fully saturated rings. The molecule has 0 saturated carbocycles. The van der Waals surface area contributed by atoms with Crippen LogP contribution in [-0.4, -0.2) is 27.9 Å². The van der Waals surface area contributed by atoms with Crippen molar-refractivity contribution in [3.8, 4) is 0 Å². The summed E-state index contributed by atoms with van der Waals surface area (Å²) in [5, 5.41) is 11.4. The van der Waals surface area contributed by atoms with Crippen molar-refractivity contribution in [1.29, 1.82) is 0 Å². The molecule has 1 aromatic carbocycles. The predicted molar refractivity (Wildman–Crippen MR) is 74.1 cm³/mol. The van der Waals surface area contributed by atoms with Gasteiger partial charge < -0.3 is 16.2 Å². The van der Waals surface area contributed by atoms with Crippen LogP contribution in [0.15, 0.2) is 42.7 Å². The van der Waals surface area contributed by atoms with E-state index in [4.69, 9.17) is 10.8 Å². The molecule has 0 bridgehead atoms. The third-order valence-electron chi connectivity index (χ3n) is 2.65. The number of primary amides is 1. The molecule has 2 aromatic rings. The lowest BCUT2D eigenvalue weighted by Gasteiger charge is -2.06. The molecule has 0 radical (unpaired) electrons. The topological polar surface area (TPSA) is 122 Å². The van der Waals surface area contributed by atoms with E-state index in [2.05, 4.69) is 10.3 Å². The van der Waals surface area contributed by atoms with Crippen molar-refractivity contribution < 1.29 is 19.5 Å². The van der Waals surface area contributed by atoms with Gasteiger partial charge in [-0.15, -0.1) is 0 Å². The van der Waals surface area contributed by atoms with Gasteiger partial charge in [0.1, 0.15) is 0 Å². The molecule has 1 aromatic heterocycles. The molecule has 0 aliphatic heterocycles. The van der Waals surface area contributed by atoms with Gasteiger partial charge in [-0.2, -0.15) is 0 Å². The van der Waals surface area contributed by atoms with Crippen LogP contribution in [0.3, 0.4) is 0 Å². The van der Waals surface area contributed by atoms with Gasteiger partial charge in [-0.1, -0.05) is 6.07 Å². The maximum Gasteiger partial charge on any atom is 0.337 e. The van der Waals surface area contributed by atoms with E-state index >= 15 is 0 Å². The smallest absolute Gasteiger partial charge is 0.337 e. The van der Waals surface area contributed by atoms with Crippen LogP contribution in [0.2, 0.25) is 0 Å². The van der Waals surface area contributed by atoms with Crippen molar-refractivity contribution in [2.75, 3.05) is 5.32 Å². The fraction of sp³-hybridized carbons (Fsp3) is 0. The van der Waals surface area contributed by atoms with E-state index in [-0.39, 0.29) is 22.4 Å². The fourth-order valence-electron chi connectivity index (χ4n) is 1.64. The van der Waals surface area contributed by atoms with Crippen LogP contribution in [0.5, 0.6) is 0 Å². The molecule has 0 unspecified atom stereocenters. The highest BCUT2D eigenvalue weighted by molar-refractivity contribution is 6.06. The van der Waals surface area contributed by atoms with Crippen molar-refractivity contribution in [3.05, 3.63) is 59.4 Å². The number of hydrogen-bond donors (Lipinski definition) is 3. The number of pyridine rings is 1. The number of amides is 2. The summed E-state index contributed by atoms with van der Waals surface area (Å²) in [4.78, 5) is 37.7. The molecule has 7 heteroatoms. The molecule has 2 amide bonds. The number of aromatic nitrogens is 1. The lowest BCUT2D eigenvalue weighted by atomic mass is 10.1. The van der Waals surface area contributed by atoms with Crippen molar-refractivity contribution in [2.45, 2.75) is 0 Å². The van der Waals surface area contributed by atoms with E-state index < -0.39 is 17.8 Å². The van der Waals surface area contributed by atoms with Crippen molar-refractivity contribution in [3.63, 3.8) is 0 Å². The summed E-state index contributed by atoms with van der Waals surface area (Å²) < 4.78 is 0. The van der Waals surface area contributed by atoms with Gasteiger partial charge in [0.05, 0.1) is 17.4 Å². The SMILES string of the molecule is NC(=O)c1cccc(C(=O)Nc2cncc(C(=O)O)c2)c1. The number of aromatic carboxylic acids is 1. The average molecular weight is 285 g/mol. The predicted octanol–water partition coefficient (Wildman–Crippen LogP) is 1.13. The van der Waals surface area contributed by atoms with Gasteiger partial charge in [-0.05, 0) is 24.3 Å².